The Morgan fingerprint density at radius 1 is 1.19 bits per heavy atom. The van der Waals surface area contributed by atoms with E-state index in [-0.39, 0.29) is 28.9 Å². The number of hydrogen-bond donors (Lipinski definition) is 0. The topological polar surface area (TPSA) is 119 Å². The summed E-state index contributed by atoms with van der Waals surface area (Å²) in [6, 6.07) is 8.22. The number of likely N-dealkylation sites (tertiary alicyclic amines) is 1. The highest BCUT2D eigenvalue weighted by Gasteiger charge is 2.27. The van der Waals surface area contributed by atoms with Gasteiger partial charge in [-0.2, -0.15) is 4.98 Å². The zero-order chi connectivity index (χ0) is 21.7. The molecule has 0 N–H and O–H groups in total. The van der Waals surface area contributed by atoms with Gasteiger partial charge in [-0.25, -0.2) is 13.4 Å². The maximum Gasteiger partial charge on any atom is 0.227 e. The lowest BCUT2D eigenvalue weighted by Crippen LogP contribution is -2.41. The first-order chi connectivity index (χ1) is 15.0. The van der Waals surface area contributed by atoms with Crippen LogP contribution in [0, 0.1) is 5.92 Å². The molecule has 3 heterocycles. The van der Waals surface area contributed by atoms with Gasteiger partial charge in [0.15, 0.2) is 9.84 Å². The quantitative estimate of drug-likeness (QED) is 0.547. The van der Waals surface area contributed by atoms with Crippen molar-refractivity contribution in [2.75, 3.05) is 18.8 Å². The number of hydrogen-bond acceptors (Lipinski definition) is 8. The maximum absolute atomic E-state index is 12.7. The minimum atomic E-state index is -3.47. The predicted octanol–water partition coefficient (Wildman–Crippen LogP) is 2.17. The van der Waals surface area contributed by atoms with Crippen molar-refractivity contribution < 1.29 is 17.7 Å². The van der Waals surface area contributed by atoms with Crippen LogP contribution in [0.1, 0.15) is 25.2 Å². The number of sulfone groups is 1. The van der Waals surface area contributed by atoms with E-state index in [2.05, 4.69) is 20.1 Å². The largest absolute Gasteiger partial charge is 0.342 e. The van der Waals surface area contributed by atoms with Crippen molar-refractivity contribution in [2.24, 2.45) is 5.92 Å². The van der Waals surface area contributed by atoms with Crippen LogP contribution in [0.15, 0.2) is 58.3 Å². The van der Waals surface area contributed by atoms with Crippen molar-refractivity contribution in [3.63, 3.8) is 0 Å². The molecule has 3 aromatic rings. The van der Waals surface area contributed by atoms with Crippen LogP contribution in [0.2, 0.25) is 0 Å². The van der Waals surface area contributed by atoms with E-state index in [0.29, 0.717) is 36.9 Å². The lowest BCUT2D eigenvalue weighted by Gasteiger charge is -2.32. The Bertz CT molecular complexity index is 1120. The lowest BCUT2D eigenvalue weighted by molar-refractivity contribution is -0.132. The molecule has 0 spiro atoms. The molecular formula is C21H23N5O4S. The Balaban J connectivity index is 1.32. The van der Waals surface area contributed by atoms with Gasteiger partial charge in [0, 0.05) is 38.3 Å². The summed E-state index contributed by atoms with van der Waals surface area (Å²) in [6.07, 6.45) is 7.03. The molecule has 9 nitrogen and oxygen atoms in total. The molecule has 4 rings (SSSR count). The van der Waals surface area contributed by atoms with Crippen molar-refractivity contribution in [1.29, 1.82) is 0 Å². The summed E-state index contributed by atoms with van der Waals surface area (Å²) < 4.78 is 30.2. The number of nitrogens with zero attached hydrogens (tertiary/aromatic N) is 5. The van der Waals surface area contributed by atoms with Crippen LogP contribution in [0.5, 0.6) is 0 Å². The first-order valence-electron chi connectivity index (χ1n) is 10.2. The second-order valence-electron chi connectivity index (χ2n) is 7.54. The average Bonchev–Trinajstić information content (AvgIpc) is 3.27. The zero-order valence-corrected chi connectivity index (χ0v) is 17.7. The number of benzene rings is 1. The minimum Gasteiger partial charge on any atom is -0.342 e. The number of carbonyl (C=O) groups excluding carboxylic acids is 1. The van der Waals surface area contributed by atoms with E-state index >= 15 is 0 Å². The third kappa shape index (κ3) is 5.32. The van der Waals surface area contributed by atoms with Gasteiger partial charge in [0.05, 0.1) is 16.8 Å². The van der Waals surface area contributed by atoms with E-state index in [1.165, 1.54) is 0 Å². The van der Waals surface area contributed by atoms with Gasteiger partial charge in [-0.15, -0.1) is 0 Å². The molecule has 1 amide bonds. The Hall–Kier alpha value is -3.14. The van der Waals surface area contributed by atoms with Gasteiger partial charge in [-0.1, -0.05) is 23.4 Å². The fourth-order valence-corrected chi connectivity index (χ4v) is 4.94. The molecule has 1 fully saturated rings. The molecule has 1 aromatic carbocycles. The van der Waals surface area contributed by atoms with Crippen molar-refractivity contribution in [3.8, 4) is 11.5 Å². The van der Waals surface area contributed by atoms with Crippen LogP contribution in [-0.2, 0) is 21.1 Å². The Kier molecular flexibility index (Phi) is 6.36. The van der Waals surface area contributed by atoms with Crippen LogP contribution < -0.4 is 0 Å². The molecule has 1 saturated heterocycles. The van der Waals surface area contributed by atoms with Gasteiger partial charge in [-0.05, 0) is 30.9 Å². The molecule has 10 heteroatoms. The van der Waals surface area contributed by atoms with E-state index in [4.69, 9.17) is 4.52 Å². The summed E-state index contributed by atoms with van der Waals surface area (Å²) in [7, 11) is -3.47. The van der Waals surface area contributed by atoms with E-state index < -0.39 is 9.84 Å². The SMILES string of the molecule is O=C(CCS(=O)(=O)c1ccccc1)N1CCC[C@H](Cc2nc(-c3cnccn3)no2)C1. The summed E-state index contributed by atoms with van der Waals surface area (Å²) in [5.41, 5.74) is 0.539. The first-order valence-corrected chi connectivity index (χ1v) is 11.8. The fourth-order valence-electron chi connectivity index (χ4n) is 3.69. The standard InChI is InChI=1S/C21H23N5O4S/c27-20(8-12-31(28,29)17-6-2-1-3-7-17)26-11-4-5-16(15-26)13-19-24-21(25-30-19)18-14-22-9-10-23-18/h1-3,6-7,9-10,14,16H,4-5,8,11-13,15H2/t16-/m1/s1. The van der Waals surface area contributed by atoms with Crippen molar-refractivity contribution >= 4 is 15.7 Å². The fraction of sp³-hybridized carbons (Fsp3) is 0.381. The van der Waals surface area contributed by atoms with E-state index in [1.54, 1.807) is 53.8 Å². The molecule has 0 unspecified atom stereocenters. The van der Waals surface area contributed by atoms with Gasteiger partial charge >= 0.3 is 0 Å². The predicted molar refractivity (Wildman–Crippen MR) is 111 cm³/mol. The Morgan fingerprint density at radius 3 is 2.81 bits per heavy atom. The monoisotopic (exact) mass is 441 g/mol. The van der Waals surface area contributed by atoms with Crippen LogP contribution in [0.3, 0.4) is 0 Å². The lowest BCUT2D eigenvalue weighted by atomic mass is 9.94. The summed E-state index contributed by atoms with van der Waals surface area (Å²) in [5, 5.41) is 3.96. The third-order valence-corrected chi connectivity index (χ3v) is 7.01. The molecule has 1 aliphatic heterocycles. The molecule has 0 bridgehead atoms. The summed E-state index contributed by atoms with van der Waals surface area (Å²) >= 11 is 0. The Morgan fingerprint density at radius 2 is 2.03 bits per heavy atom. The summed E-state index contributed by atoms with van der Waals surface area (Å²) in [6.45, 7) is 1.18. The second-order valence-corrected chi connectivity index (χ2v) is 9.65. The number of piperidine rings is 1. The highest BCUT2D eigenvalue weighted by Crippen LogP contribution is 2.22. The van der Waals surface area contributed by atoms with Crippen molar-refractivity contribution in [3.05, 3.63) is 54.8 Å². The maximum atomic E-state index is 12.7. The van der Waals surface area contributed by atoms with Gasteiger partial charge in [-0.3, -0.25) is 9.78 Å². The van der Waals surface area contributed by atoms with Crippen molar-refractivity contribution in [1.82, 2.24) is 25.0 Å². The zero-order valence-electron chi connectivity index (χ0n) is 16.9. The molecular weight excluding hydrogens is 418 g/mol. The Labute approximate surface area is 180 Å². The molecule has 0 radical (unpaired) electrons. The van der Waals surface area contributed by atoms with Gasteiger partial charge < -0.3 is 9.42 Å². The molecule has 0 aliphatic carbocycles. The summed E-state index contributed by atoms with van der Waals surface area (Å²) in [4.78, 5) is 27.2. The highest BCUT2D eigenvalue weighted by molar-refractivity contribution is 7.91. The molecule has 1 aliphatic rings. The average molecular weight is 442 g/mol. The number of carbonyl (C=O) groups is 1. The molecule has 2 aromatic heterocycles. The smallest absolute Gasteiger partial charge is 0.227 e. The summed E-state index contributed by atoms with van der Waals surface area (Å²) in [5.74, 6) is 0.723. The van der Waals surface area contributed by atoms with Crippen LogP contribution in [0.4, 0.5) is 0 Å². The van der Waals surface area contributed by atoms with Gasteiger partial charge in [0.2, 0.25) is 17.6 Å². The van der Waals surface area contributed by atoms with E-state index in [0.717, 1.165) is 12.8 Å². The third-order valence-electron chi connectivity index (χ3n) is 5.28. The van der Waals surface area contributed by atoms with Gasteiger partial charge in [0.1, 0.15) is 5.69 Å². The van der Waals surface area contributed by atoms with Crippen LogP contribution in [-0.4, -0.2) is 58.2 Å². The number of rotatable bonds is 7. The highest BCUT2D eigenvalue weighted by atomic mass is 32.2. The van der Waals surface area contributed by atoms with E-state index in [1.807, 2.05) is 0 Å². The minimum absolute atomic E-state index is 0.0265. The molecule has 1 atom stereocenters. The first kappa shape index (κ1) is 21.1. The van der Waals surface area contributed by atoms with Crippen molar-refractivity contribution in [2.45, 2.75) is 30.6 Å². The van der Waals surface area contributed by atoms with E-state index in [9.17, 15) is 13.2 Å². The van der Waals surface area contributed by atoms with Crippen LogP contribution in [0.25, 0.3) is 11.5 Å². The normalized spacial score (nSPS) is 16.9. The number of aromatic nitrogens is 4. The van der Waals surface area contributed by atoms with Gasteiger partial charge in [0.25, 0.3) is 0 Å². The number of amides is 1. The molecule has 162 valence electrons. The molecule has 31 heavy (non-hydrogen) atoms. The molecule has 0 saturated carbocycles. The second kappa shape index (κ2) is 9.34. The van der Waals surface area contributed by atoms with Crippen LogP contribution >= 0.6 is 0 Å².